The van der Waals surface area contributed by atoms with E-state index < -0.39 is 0 Å². The van der Waals surface area contributed by atoms with E-state index in [-0.39, 0.29) is 11.8 Å². The highest BCUT2D eigenvalue weighted by Crippen LogP contribution is 2.34. The number of carbonyl (C=O) groups is 1. The lowest BCUT2D eigenvalue weighted by atomic mass is 9.92. The molecule has 4 aromatic carbocycles. The molecule has 0 atom stereocenters. The lowest BCUT2D eigenvalue weighted by molar-refractivity contribution is 0.102. The van der Waals surface area contributed by atoms with Crippen LogP contribution in [0.25, 0.3) is 21.8 Å². The molecule has 0 radical (unpaired) electrons. The summed E-state index contributed by atoms with van der Waals surface area (Å²) in [5.41, 5.74) is 7.08. The summed E-state index contributed by atoms with van der Waals surface area (Å²) in [4.78, 5) is 20.2. The smallest absolute Gasteiger partial charge is 0.255 e. The Balaban J connectivity index is 1.40. The maximum absolute atomic E-state index is 12.9. The minimum Gasteiger partial charge on any atom is -0.358 e. The molecule has 4 nitrogen and oxygen atoms in total. The maximum Gasteiger partial charge on any atom is 0.255 e. The van der Waals surface area contributed by atoms with Crippen molar-refractivity contribution < 1.29 is 4.79 Å². The standard InChI is InChI=1S/C31H25N3O/c35-31(21-10-2-1-3-11-21)34-28-17-9-4-12-22(28)18-25(29-19-23-13-5-7-15-26(23)32-29)30-20-24-14-6-8-16-27(24)33-30/h1-17,19-20,25,32-33H,18H2,(H,34,35). The fourth-order valence-corrected chi connectivity index (χ4v) is 4.78. The van der Waals surface area contributed by atoms with Crippen LogP contribution in [0.2, 0.25) is 0 Å². The molecule has 1 amide bonds. The predicted molar refractivity (Wildman–Crippen MR) is 143 cm³/mol. The van der Waals surface area contributed by atoms with Crippen LogP contribution < -0.4 is 5.32 Å². The highest BCUT2D eigenvalue weighted by Gasteiger charge is 2.21. The van der Waals surface area contributed by atoms with Crippen LogP contribution in [-0.4, -0.2) is 15.9 Å². The first kappa shape index (κ1) is 21.0. The van der Waals surface area contributed by atoms with Gasteiger partial charge in [-0.05, 0) is 65.2 Å². The molecular formula is C31H25N3O. The van der Waals surface area contributed by atoms with E-state index >= 15 is 0 Å². The fraction of sp³-hybridized carbons (Fsp3) is 0.0645. The van der Waals surface area contributed by atoms with Crippen LogP contribution in [0, 0.1) is 0 Å². The molecule has 0 spiro atoms. The molecule has 6 rings (SSSR count). The van der Waals surface area contributed by atoms with E-state index in [1.807, 2.05) is 48.5 Å². The minimum absolute atomic E-state index is 0.0598. The number of para-hydroxylation sites is 3. The number of nitrogens with one attached hydrogen (secondary N) is 3. The number of H-pyrrole nitrogens is 2. The summed E-state index contributed by atoms with van der Waals surface area (Å²) in [6, 6.07) is 38.6. The second-order valence-corrected chi connectivity index (χ2v) is 8.86. The Hall–Kier alpha value is -4.57. The van der Waals surface area contributed by atoms with Crippen LogP contribution in [0.5, 0.6) is 0 Å². The molecule has 2 aromatic heterocycles. The van der Waals surface area contributed by atoms with Crippen molar-refractivity contribution in [1.29, 1.82) is 0 Å². The number of carbonyl (C=O) groups excluding carboxylic acids is 1. The summed E-state index contributed by atoms with van der Waals surface area (Å²) >= 11 is 0. The number of aromatic amines is 2. The first-order valence-electron chi connectivity index (χ1n) is 11.8. The number of aromatic nitrogens is 2. The normalized spacial score (nSPS) is 11.3. The zero-order valence-electron chi connectivity index (χ0n) is 19.2. The monoisotopic (exact) mass is 455 g/mol. The average molecular weight is 456 g/mol. The zero-order valence-corrected chi connectivity index (χ0v) is 19.2. The molecule has 6 aromatic rings. The van der Waals surface area contributed by atoms with E-state index in [0.717, 1.165) is 40.1 Å². The number of hydrogen-bond donors (Lipinski definition) is 3. The molecule has 0 aliphatic rings. The molecule has 4 heteroatoms. The van der Waals surface area contributed by atoms with Gasteiger partial charge in [-0.1, -0.05) is 72.8 Å². The van der Waals surface area contributed by atoms with Crippen molar-refractivity contribution in [2.45, 2.75) is 12.3 Å². The van der Waals surface area contributed by atoms with Gasteiger partial charge < -0.3 is 15.3 Å². The van der Waals surface area contributed by atoms with E-state index in [4.69, 9.17) is 0 Å². The van der Waals surface area contributed by atoms with Crippen molar-refractivity contribution in [3.63, 3.8) is 0 Å². The highest BCUT2D eigenvalue weighted by atomic mass is 16.1. The summed E-state index contributed by atoms with van der Waals surface area (Å²) < 4.78 is 0. The van der Waals surface area contributed by atoms with Crippen molar-refractivity contribution in [2.24, 2.45) is 0 Å². The Labute approximate surface area is 203 Å². The molecule has 0 aliphatic heterocycles. The van der Waals surface area contributed by atoms with Crippen LogP contribution >= 0.6 is 0 Å². The zero-order chi connectivity index (χ0) is 23.6. The molecule has 0 saturated carbocycles. The van der Waals surface area contributed by atoms with Crippen molar-refractivity contribution >= 4 is 33.4 Å². The second-order valence-electron chi connectivity index (χ2n) is 8.86. The summed E-state index contributed by atoms with van der Waals surface area (Å²) in [5.74, 6) is -0.0459. The van der Waals surface area contributed by atoms with E-state index in [2.05, 4.69) is 82.0 Å². The summed E-state index contributed by atoms with van der Waals surface area (Å²) in [6.45, 7) is 0. The van der Waals surface area contributed by atoms with Gasteiger partial charge in [-0.25, -0.2) is 0 Å². The molecule has 35 heavy (non-hydrogen) atoms. The van der Waals surface area contributed by atoms with Gasteiger partial charge in [-0.3, -0.25) is 4.79 Å². The third kappa shape index (κ3) is 4.22. The number of hydrogen-bond acceptors (Lipinski definition) is 1. The van der Waals surface area contributed by atoms with Gasteiger partial charge in [0.05, 0.1) is 0 Å². The number of rotatable bonds is 6. The van der Waals surface area contributed by atoms with E-state index in [9.17, 15) is 4.79 Å². The molecular weight excluding hydrogens is 430 g/mol. The molecule has 170 valence electrons. The van der Waals surface area contributed by atoms with Crippen LogP contribution in [0.3, 0.4) is 0 Å². The van der Waals surface area contributed by atoms with E-state index in [1.54, 1.807) is 0 Å². The summed E-state index contributed by atoms with van der Waals surface area (Å²) in [5, 5.41) is 5.51. The van der Waals surface area contributed by atoms with Crippen molar-refractivity contribution in [3.8, 4) is 0 Å². The molecule has 0 aliphatic carbocycles. The fourth-order valence-electron chi connectivity index (χ4n) is 4.78. The molecule has 2 heterocycles. The number of anilines is 1. The number of amides is 1. The first-order chi connectivity index (χ1) is 17.2. The van der Waals surface area contributed by atoms with Gasteiger partial charge in [0, 0.05) is 39.6 Å². The van der Waals surface area contributed by atoms with Crippen LogP contribution in [0.15, 0.2) is 115 Å². The molecule has 0 bridgehead atoms. The lowest BCUT2D eigenvalue weighted by Gasteiger charge is -2.18. The third-order valence-corrected chi connectivity index (χ3v) is 6.58. The Morgan fingerprint density at radius 1 is 0.657 bits per heavy atom. The topological polar surface area (TPSA) is 60.7 Å². The van der Waals surface area contributed by atoms with E-state index in [0.29, 0.717) is 5.56 Å². The Kier molecular flexibility index (Phi) is 5.39. The lowest BCUT2D eigenvalue weighted by Crippen LogP contribution is -2.14. The SMILES string of the molecule is O=C(Nc1ccccc1CC(c1cc2ccccc2[nH]1)c1cc2ccccc2[nH]1)c1ccccc1. The largest absolute Gasteiger partial charge is 0.358 e. The van der Waals surface area contributed by atoms with Crippen LogP contribution in [0.4, 0.5) is 5.69 Å². The Morgan fingerprint density at radius 3 is 1.83 bits per heavy atom. The second kappa shape index (κ2) is 8.99. The van der Waals surface area contributed by atoms with Crippen molar-refractivity contribution in [3.05, 3.63) is 138 Å². The van der Waals surface area contributed by atoms with Crippen molar-refractivity contribution in [1.82, 2.24) is 9.97 Å². The molecule has 0 fully saturated rings. The average Bonchev–Trinajstić information content (AvgIpc) is 3.53. The minimum atomic E-state index is -0.106. The Bertz CT molecular complexity index is 1490. The van der Waals surface area contributed by atoms with Crippen molar-refractivity contribution in [2.75, 3.05) is 5.32 Å². The van der Waals surface area contributed by atoms with Crippen LogP contribution in [0.1, 0.15) is 33.2 Å². The van der Waals surface area contributed by atoms with Gasteiger partial charge in [0.25, 0.3) is 5.91 Å². The summed E-state index contributed by atoms with van der Waals surface area (Å²) in [6.07, 6.45) is 0.727. The van der Waals surface area contributed by atoms with Gasteiger partial charge in [-0.15, -0.1) is 0 Å². The molecule has 0 saturated heterocycles. The quantitative estimate of drug-likeness (QED) is 0.243. The van der Waals surface area contributed by atoms with Gasteiger partial charge in [0.2, 0.25) is 0 Å². The highest BCUT2D eigenvalue weighted by molar-refractivity contribution is 6.04. The van der Waals surface area contributed by atoms with E-state index in [1.165, 1.54) is 10.8 Å². The predicted octanol–water partition coefficient (Wildman–Crippen LogP) is 7.28. The van der Waals surface area contributed by atoms with Gasteiger partial charge in [-0.2, -0.15) is 0 Å². The van der Waals surface area contributed by atoms with Crippen LogP contribution in [-0.2, 0) is 6.42 Å². The molecule has 0 unspecified atom stereocenters. The maximum atomic E-state index is 12.9. The summed E-state index contributed by atoms with van der Waals surface area (Å²) in [7, 11) is 0. The first-order valence-corrected chi connectivity index (χ1v) is 11.8. The number of benzene rings is 4. The van der Waals surface area contributed by atoms with Gasteiger partial charge >= 0.3 is 0 Å². The van der Waals surface area contributed by atoms with Gasteiger partial charge in [0.15, 0.2) is 0 Å². The van der Waals surface area contributed by atoms with Gasteiger partial charge in [0.1, 0.15) is 0 Å². The molecule has 3 N–H and O–H groups in total. The number of fused-ring (bicyclic) bond motifs is 2. The Morgan fingerprint density at radius 2 is 1.20 bits per heavy atom. The third-order valence-electron chi connectivity index (χ3n) is 6.58.